The van der Waals surface area contributed by atoms with Gasteiger partial charge in [-0.2, -0.15) is 0 Å². The molecule has 21 heavy (non-hydrogen) atoms. The van der Waals surface area contributed by atoms with Gasteiger partial charge in [0.2, 0.25) is 0 Å². The van der Waals surface area contributed by atoms with Crippen molar-refractivity contribution in [3.05, 3.63) is 11.9 Å². The lowest BCUT2D eigenvalue weighted by Gasteiger charge is -2.40. The molecule has 0 atom stereocenters. The average molecular weight is 294 g/mol. The van der Waals surface area contributed by atoms with E-state index in [1.54, 1.807) is 29.9 Å². The number of hydrogen-bond acceptors (Lipinski definition) is 4. The van der Waals surface area contributed by atoms with Crippen LogP contribution in [0, 0.1) is 0 Å². The molecule has 8 nitrogen and oxygen atoms in total. The summed E-state index contributed by atoms with van der Waals surface area (Å²) >= 11 is 0. The summed E-state index contributed by atoms with van der Waals surface area (Å²) in [4.78, 5) is 26.9. The molecule has 0 bridgehead atoms. The molecule has 1 aromatic heterocycles. The summed E-state index contributed by atoms with van der Waals surface area (Å²) in [5, 5.41) is 10.8. The second-order valence-electron chi connectivity index (χ2n) is 6.52. The van der Waals surface area contributed by atoms with E-state index in [1.165, 1.54) is 4.90 Å². The Bertz CT molecular complexity index is 539. The Morgan fingerprint density at radius 3 is 2.48 bits per heavy atom. The molecule has 0 spiro atoms. The highest BCUT2D eigenvalue weighted by Gasteiger charge is 2.34. The summed E-state index contributed by atoms with van der Waals surface area (Å²) in [6.07, 6.45) is 1.63. The van der Waals surface area contributed by atoms with E-state index in [1.807, 2.05) is 20.8 Å². The highest BCUT2D eigenvalue weighted by molar-refractivity contribution is 5.91. The summed E-state index contributed by atoms with van der Waals surface area (Å²) in [5.41, 5.74) is 0.0679. The Labute approximate surface area is 124 Å². The zero-order chi connectivity index (χ0) is 15.8. The van der Waals surface area contributed by atoms with Crippen LogP contribution in [0.3, 0.4) is 0 Å². The topological polar surface area (TPSA) is 83.4 Å². The fourth-order valence-corrected chi connectivity index (χ4v) is 1.97. The number of likely N-dealkylation sites (tertiary alicyclic amines) is 1. The van der Waals surface area contributed by atoms with Crippen LogP contribution in [-0.4, -0.2) is 69.5 Å². The molecule has 8 heteroatoms. The first-order chi connectivity index (χ1) is 9.67. The maximum atomic E-state index is 11.9. The molecule has 1 saturated heterocycles. The third-order valence-electron chi connectivity index (χ3n) is 3.14. The molecule has 2 rings (SSSR count). The molecule has 1 fully saturated rings. The molecule has 0 unspecified atom stereocenters. The van der Waals surface area contributed by atoms with Crippen molar-refractivity contribution in [2.45, 2.75) is 32.4 Å². The quantitative estimate of drug-likeness (QED) is 0.853. The van der Waals surface area contributed by atoms with E-state index in [0.717, 1.165) is 0 Å². The Balaban J connectivity index is 1.90. The van der Waals surface area contributed by atoms with E-state index >= 15 is 0 Å². The molecule has 2 heterocycles. The van der Waals surface area contributed by atoms with Crippen LogP contribution in [0.4, 0.5) is 4.79 Å². The van der Waals surface area contributed by atoms with Crippen LogP contribution in [-0.2, 0) is 0 Å². The minimum absolute atomic E-state index is 0.0759. The highest BCUT2D eigenvalue weighted by atomic mass is 16.2. The van der Waals surface area contributed by atoms with Crippen LogP contribution in [0.5, 0.6) is 0 Å². The van der Waals surface area contributed by atoms with E-state index in [0.29, 0.717) is 18.8 Å². The number of nitrogens with one attached hydrogen (secondary N) is 1. The summed E-state index contributed by atoms with van der Waals surface area (Å²) < 4.78 is 1.65. The standard InChI is InChI=1S/C13H22N6O2/c1-13(2,3)14-12(21)18-6-9(7-18)19-8-10(15-16-19)11(20)17(4)5/h8-9H,6-7H2,1-5H3,(H,14,21). The number of carbonyl (C=O) groups is 2. The molecule has 0 radical (unpaired) electrons. The second kappa shape index (κ2) is 5.34. The van der Waals surface area contributed by atoms with E-state index < -0.39 is 0 Å². The maximum Gasteiger partial charge on any atom is 0.317 e. The smallest absolute Gasteiger partial charge is 0.317 e. The molecule has 0 aromatic carbocycles. The first-order valence-electron chi connectivity index (χ1n) is 6.88. The van der Waals surface area contributed by atoms with Crippen molar-refractivity contribution in [2.24, 2.45) is 0 Å². The van der Waals surface area contributed by atoms with Gasteiger partial charge in [-0.05, 0) is 20.8 Å². The molecule has 1 aliphatic rings. The largest absolute Gasteiger partial charge is 0.343 e. The zero-order valence-electron chi connectivity index (χ0n) is 13.1. The lowest BCUT2D eigenvalue weighted by Crippen LogP contribution is -2.57. The van der Waals surface area contributed by atoms with E-state index in [4.69, 9.17) is 0 Å². The van der Waals surface area contributed by atoms with Crippen LogP contribution in [0.15, 0.2) is 6.20 Å². The van der Waals surface area contributed by atoms with Crippen LogP contribution < -0.4 is 5.32 Å². The van der Waals surface area contributed by atoms with Crippen molar-refractivity contribution in [3.63, 3.8) is 0 Å². The van der Waals surface area contributed by atoms with Gasteiger partial charge in [0.15, 0.2) is 5.69 Å². The van der Waals surface area contributed by atoms with E-state index in [2.05, 4.69) is 15.6 Å². The van der Waals surface area contributed by atoms with Gasteiger partial charge in [-0.25, -0.2) is 9.48 Å². The number of amides is 3. The van der Waals surface area contributed by atoms with Crippen molar-refractivity contribution in [3.8, 4) is 0 Å². The molecule has 0 saturated carbocycles. The Kier molecular flexibility index (Phi) is 3.89. The van der Waals surface area contributed by atoms with Crippen LogP contribution in [0.1, 0.15) is 37.3 Å². The molecule has 1 aliphatic heterocycles. The summed E-state index contributed by atoms with van der Waals surface area (Å²) in [6.45, 7) is 6.97. The van der Waals surface area contributed by atoms with Crippen molar-refractivity contribution in [2.75, 3.05) is 27.2 Å². The molecular formula is C13H22N6O2. The monoisotopic (exact) mass is 294 g/mol. The van der Waals surface area contributed by atoms with E-state index in [9.17, 15) is 9.59 Å². The van der Waals surface area contributed by atoms with Gasteiger partial charge in [0, 0.05) is 32.7 Å². The number of rotatable bonds is 2. The average Bonchev–Trinajstić information content (AvgIpc) is 2.72. The summed E-state index contributed by atoms with van der Waals surface area (Å²) in [7, 11) is 3.34. The predicted molar refractivity (Wildman–Crippen MR) is 76.9 cm³/mol. The van der Waals surface area contributed by atoms with Gasteiger partial charge in [0.1, 0.15) is 0 Å². The summed E-state index contributed by atoms with van der Waals surface area (Å²) in [5.74, 6) is -0.178. The normalized spacial score (nSPS) is 15.6. The second-order valence-corrected chi connectivity index (χ2v) is 6.52. The van der Waals surface area contributed by atoms with Crippen LogP contribution in [0.25, 0.3) is 0 Å². The van der Waals surface area contributed by atoms with Crippen molar-refractivity contribution in [1.29, 1.82) is 0 Å². The Morgan fingerprint density at radius 2 is 1.95 bits per heavy atom. The van der Waals surface area contributed by atoms with Gasteiger partial charge in [0.05, 0.1) is 12.2 Å². The number of aromatic nitrogens is 3. The first kappa shape index (κ1) is 15.3. The third-order valence-corrected chi connectivity index (χ3v) is 3.14. The molecular weight excluding hydrogens is 272 g/mol. The third kappa shape index (κ3) is 3.50. The molecule has 3 amide bonds. The lowest BCUT2D eigenvalue weighted by molar-refractivity contribution is 0.0821. The minimum atomic E-state index is -0.249. The zero-order valence-corrected chi connectivity index (χ0v) is 13.1. The first-order valence-corrected chi connectivity index (χ1v) is 6.88. The Hall–Kier alpha value is -2.12. The number of urea groups is 1. The van der Waals surface area contributed by atoms with Gasteiger partial charge >= 0.3 is 6.03 Å². The van der Waals surface area contributed by atoms with E-state index in [-0.39, 0.29) is 23.5 Å². The maximum absolute atomic E-state index is 11.9. The molecule has 116 valence electrons. The van der Waals surface area contributed by atoms with Gasteiger partial charge in [0.25, 0.3) is 5.91 Å². The predicted octanol–water partition coefficient (Wildman–Crippen LogP) is 0.345. The lowest BCUT2D eigenvalue weighted by atomic mass is 10.1. The number of carbonyl (C=O) groups excluding carboxylic acids is 2. The van der Waals surface area contributed by atoms with Crippen LogP contribution >= 0.6 is 0 Å². The SMILES string of the molecule is CN(C)C(=O)c1cn(C2CN(C(=O)NC(C)(C)C)C2)nn1. The number of hydrogen-bond donors (Lipinski definition) is 1. The van der Waals surface area contributed by atoms with Gasteiger partial charge in [-0.1, -0.05) is 5.21 Å². The van der Waals surface area contributed by atoms with Crippen molar-refractivity contribution in [1.82, 2.24) is 30.1 Å². The van der Waals surface area contributed by atoms with Gasteiger partial charge in [-0.3, -0.25) is 4.79 Å². The number of nitrogens with zero attached hydrogens (tertiary/aromatic N) is 5. The molecule has 1 aromatic rings. The van der Waals surface area contributed by atoms with Crippen LogP contribution in [0.2, 0.25) is 0 Å². The summed E-state index contributed by atoms with van der Waals surface area (Å²) in [6, 6.07) is -0.00427. The molecule has 1 N–H and O–H groups in total. The minimum Gasteiger partial charge on any atom is -0.343 e. The van der Waals surface area contributed by atoms with Crippen molar-refractivity contribution >= 4 is 11.9 Å². The molecule has 0 aliphatic carbocycles. The van der Waals surface area contributed by atoms with Gasteiger partial charge < -0.3 is 15.1 Å². The fraction of sp³-hybridized carbons (Fsp3) is 0.692. The fourth-order valence-electron chi connectivity index (χ4n) is 1.97. The van der Waals surface area contributed by atoms with Gasteiger partial charge in [-0.15, -0.1) is 5.10 Å². The Morgan fingerprint density at radius 1 is 1.33 bits per heavy atom. The highest BCUT2D eigenvalue weighted by Crippen LogP contribution is 2.21. The van der Waals surface area contributed by atoms with Crippen molar-refractivity contribution < 1.29 is 9.59 Å².